The molecule has 24 heavy (non-hydrogen) atoms. The minimum atomic E-state index is -1.56. The van der Waals surface area contributed by atoms with Crippen molar-refractivity contribution >= 4 is 13.6 Å². The van der Waals surface area contributed by atoms with Crippen LogP contribution in [0.1, 0.15) is 35.6 Å². The number of aryl methyl sites for hydroxylation is 1. The van der Waals surface area contributed by atoms with Gasteiger partial charge in [-0.3, -0.25) is 0 Å². The number of hydrogen-bond donors (Lipinski definition) is 0. The summed E-state index contributed by atoms with van der Waals surface area (Å²) in [5.74, 6) is 1.02. The molecular formula is C22H24OSi. The van der Waals surface area contributed by atoms with Crippen molar-refractivity contribution in [2.45, 2.75) is 38.9 Å². The highest BCUT2D eigenvalue weighted by Crippen LogP contribution is 2.48. The van der Waals surface area contributed by atoms with E-state index in [2.05, 4.69) is 69.4 Å². The highest BCUT2D eigenvalue weighted by atomic mass is 28.3. The minimum Gasteiger partial charge on any atom is -0.464 e. The normalized spacial score (nSPS) is 19.4. The molecule has 0 aliphatic heterocycles. The maximum atomic E-state index is 5.81. The molecule has 1 aromatic carbocycles. The van der Waals surface area contributed by atoms with Gasteiger partial charge in [0.15, 0.2) is 0 Å². The third-order valence-corrected chi connectivity index (χ3v) is 9.78. The van der Waals surface area contributed by atoms with Crippen molar-refractivity contribution in [1.29, 1.82) is 0 Å². The first-order valence-electron chi connectivity index (χ1n) is 8.72. The molecule has 1 unspecified atom stereocenters. The fourth-order valence-electron chi connectivity index (χ4n) is 4.25. The SMILES string of the molecule is CC1=CC([Si](C)(C)C2=CC=CC2)c2cccc(-c3occc3C)c21. The average Bonchev–Trinajstić information content (AvgIpc) is 3.27. The lowest BCUT2D eigenvalue weighted by atomic mass is 9.96. The van der Waals surface area contributed by atoms with Gasteiger partial charge in [0, 0.05) is 11.1 Å². The topological polar surface area (TPSA) is 13.1 Å². The molecule has 1 atom stereocenters. The van der Waals surface area contributed by atoms with Crippen molar-refractivity contribution < 1.29 is 4.42 Å². The molecule has 0 saturated heterocycles. The summed E-state index contributed by atoms with van der Waals surface area (Å²) in [7, 11) is -1.56. The molecule has 0 fully saturated rings. The van der Waals surface area contributed by atoms with Crippen LogP contribution >= 0.6 is 0 Å². The van der Waals surface area contributed by atoms with Crippen LogP contribution in [0, 0.1) is 6.92 Å². The first-order chi connectivity index (χ1) is 11.5. The largest absolute Gasteiger partial charge is 0.464 e. The van der Waals surface area contributed by atoms with Crippen LogP contribution in [-0.2, 0) is 0 Å². The highest BCUT2D eigenvalue weighted by molar-refractivity contribution is 6.86. The summed E-state index contributed by atoms with van der Waals surface area (Å²) in [5.41, 5.74) is 7.29. The number of allylic oxidation sites excluding steroid dienone is 6. The van der Waals surface area contributed by atoms with Gasteiger partial charge >= 0.3 is 0 Å². The molecule has 1 aromatic heterocycles. The van der Waals surface area contributed by atoms with Gasteiger partial charge < -0.3 is 4.42 Å². The molecule has 2 aliphatic carbocycles. The van der Waals surface area contributed by atoms with E-state index in [0.29, 0.717) is 5.54 Å². The molecule has 0 N–H and O–H groups in total. The maximum absolute atomic E-state index is 5.81. The molecule has 4 rings (SSSR count). The lowest BCUT2D eigenvalue weighted by Crippen LogP contribution is -2.36. The first-order valence-corrected chi connectivity index (χ1v) is 11.8. The zero-order valence-corrected chi connectivity index (χ0v) is 15.9. The Balaban J connectivity index is 1.85. The number of fused-ring (bicyclic) bond motifs is 1. The summed E-state index contributed by atoms with van der Waals surface area (Å²) >= 11 is 0. The van der Waals surface area contributed by atoms with Crippen molar-refractivity contribution in [2.75, 3.05) is 0 Å². The summed E-state index contributed by atoms with van der Waals surface area (Å²) in [6.07, 6.45) is 12.3. The second kappa shape index (κ2) is 5.49. The van der Waals surface area contributed by atoms with Gasteiger partial charge in [-0.25, -0.2) is 0 Å². The molecule has 0 bridgehead atoms. The summed E-state index contributed by atoms with van der Waals surface area (Å²) in [6, 6.07) is 8.77. The number of rotatable bonds is 3. The second-order valence-corrected chi connectivity index (χ2v) is 12.3. The molecule has 0 amide bonds. The van der Waals surface area contributed by atoms with Gasteiger partial charge in [0.05, 0.1) is 14.3 Å². The predicted molar refractivity (Wildman–Crippen MR) is 105 cm³/mol. The van der Waals surface area contributed by atoms with Crippen molar-refractivity contribution in [2.24, 2.45) is 0 Å². The van der Waals surface area contributed by atoms with Crippen molar-refractivity contribution in [3.05, 3.63) is 76.7 Å². The molecule has 2 heteroatoms. The van der Waals surface area contributed by atoms with Crippen LogP contribution in [0.15, 0.2) is 64.4 Å². The summed E-state index contributed by atoms with van der Waals surface area (Å²) in [5, 5.41) is 1.66. The zero-order chi connectivity index (χ0) is 16.9. The lowest BCUT2D eigenvalue weighted by molar-refractivity contribution is 0.580. The molecule has 2 aromatic rings. The van der Waals surface area contributed by atoms with E-state index in [0.717, 1.165) is 12.2 Å². The van der Waals surface area contributed by atoms with E-state index in [1.807, 2.05) is 6.07 Å². The van der Waals surface area contributed by atoms with Crippen LogP contribution in [0.4, 0.5) is 0 Å². The van der Waals surface area contributed by atoms with E-state index in [1.165, 1.54) is 27.8 Å². The lowest BCUT2D eigenvalue weighted by Gasteiger charge is -2.31. The second-order valence-electron chi connectivity index (χ2n) is 7.58. The van der Waals surface area contributed by atoms with Gasteiger partial charge in [0.2, 0.25) is 0 Å². The van der Waals surface area contributed by atoms with Crippen molar-refractivity contribution in [3.63, 3.8) is 0 Å². The number of hydrogen-bond acceptors (Lipinski definition) is 1. The monoisotopic (exact) mass is 332 g/mol. The Kier molecular flexibility index (Phi) is 3.54. The van der Waals surface area contributed by atoms with E-state index in [9.17, 15) is 0 Å². The van der Waals surface area contributed by atoms with Crippen LogP contribution in [0.5, 0.6) is 0 Å². The molecule has 0 radical (unpaired) electrons. The minimum absolute atomic E-state index is 0.550. The van der Waals surface area contributed by atoms with Crippen molar-refractivity contribution in [1.82, 2.24) is 0 Å². The molecular weight excluding hydrogens is 308 g/mol. The van der Waals surface area contributed by atoms with E-state index in [4.69, 9.17) is 4.42 Å². The molecule has 122 valence electrons. The standard InChI is InChI=1S/C22H24OSi/c1-15-12-13-23-22(15)19-11-7-10-18-20(14-16(2)21(18)19)24(3,4)17-8-5-6-9-17/h5-8,10-14,20H,9H2,1-4H3. The number of furan rings is 1. The molecule has 1 nitrogen and oxygen atoms in total. The van der Waals surface area contributed by atoms with E-state index < -0.39 is 8.07 Å². The number of benzene rings is 1. The van der Waals surface area contributed by atoms with Gasteiger partial charge in [0.25, 0.3) is 0 Å². The van der Waals surface area contributed by atoms with Crippen LogP contribution in [0.2, 0.25) is 13.1 Å². The van der Waals surface area contributed by atoms with Gasteiger partial charge in [-0.1, -0.05) is 60.8 Å². The van der Waals surface area contributed by atoms with Gasteiger partial charge in [-0.05, 0) is 48.6 Å². The third kappa shape index (κ3) is 2.21. The third-order valence-electron chi connectivity index (χ3n) is 5.73. The van der Waals surface area contributed by atoms with Crippen LogP contribution in [-0.4, -0.2) is 8.07 Å². The fourth-order valence-corrected chi connectivity index (χ4v) is 7.51. The molecule has 2 aliphatic rings. The van der Waals surface area contributed by atoms with E-state index in [-0.39, 0.29) is 0 Å². The summed E-state index contributed by atoms with van der Waals surface area (Å²) < 4.78 is 5.81. The van der Waals surface area contributed by atoms with Crippen molar-refractivity contribution in [3.8, 4) is 11.3 Å². The molecule has 0 spiro atoms. The van der Waals surface area contributed by atoms with Gasteiger partial charge in [-0.2, -0.15) is 0 Å². The Labute approximate surface area is 145 Å². The smallest absolute Gasteiger partial charge is 0.137 e. The Bertz CT molecular complexity index is 892. The highest BCUT2D eigenvalue weighted by Gasteiger charge is 2.39. The molecule has 0 saturated carbocycles. The Morgan fingerprint density at radius 3 is 2.62 bits per heavy atom. The van der Waals surface area contributed by atoms with E-state index in [1.54, 1.807) is 11.5 Å². The van der Waals surface area contributed by atoms with Crippen LogP contribution in [0.25, 0.3) is 16.9 Å². The zero-order valence-electron chi connectivity index (χ0n) is 14.9. The van der Waals surface area contributed by atoms with Gasteiger partial charge in [0.1, 0.15) is 5.76 Å². The van der Waals surface area contributed by atoms with Crippen LogP contribution in [0.3, 0.4) is 0 Å². The average molecular weight is 333 g/mol. The fraction of sp³-hybridized carbons (Fsp3) is 0.273. The predicted octanol–water partition coefficient (Wildman–Crippen LogP) is 6.43. The summed E-state index contributed by atoms with van der Waals surface area (Å²) in [4.78, 5) is 0. The summed E-state index contributed by atoms with van der Waals surface area (Å²) in [6.45, 7) is 9.41. The first kappa shape index (κ1) is 15.5. The molecule has 1 heterocycles. The van der Waals surface area contributed by atoms with Crippen LogP contribution < -0.4 is 0 Å². The quantitative estimate of drug-likeness (QED) is 0.590. The Morgan fingerprint density at radius 1 is 1.12 bits per heavy atom. The maximum Gasteiger partial charge on any atom is 0.137 e. The Morgan fingerprint density at radius 2 is 1.96 bits per heavy atom. The Hall–Kier alpha value is -2.06. The van der Waals surface area contributed by atoms with E-state index >= 15 is 0 Å². The van der Waals surface area contributed by atoms with Gasteiger partial charge in [-0.15, -0.1) is 0 Å².